The maximum absolute atomic E-state index is 13.8. The van der Waals surface area contributed by atoms with Gasteiger partial charge in [0.15, 0.2) is 10.1 Å². The summed E-state index contributed by atoms with van der Waals surface area (Å²) < 4.78 is -2.13. The maximum Gasteiger partial charge on any atom is 0.274 e. The standard InChI is InChI=1S/C22H11Cl7N2O4S/c23-10-5-2-1-4-9(10)17(33)30(8-11(32)12-6-3-7-36-12)31-18(34)13-14(19(31)35)21(27)16(25)15(24)20(13,26)22(21,28)29/h1-7,13-14H,8H2/t13-,14+,20-,21-/m1/s1. The molecule has 1 saturated heterocycles. The molecule has 188 valence electrons. The molecule has 0 spiro atoms. The molecule has 2 aliphatic carbocycles. The predicted octanol–water partition coefficient (Wildman–Crippen LogP) is 6.09. The Hall–Kier alpha value is -1.03. The molecule has 1 aromatic heterocycles. The Morgan fingerprint density at radius 1 is 0.889 bits per heavy atom. The van der Waals surface area contributed by atoms with Crippen molar-refractivity contribution in [3.05, 3.63) is 67.3 Å². The van der Waals surface area contributed by atoms with Gasteiger partial charge in [-0.25, -0.2) is 5.01 Å². The highest BCUT2D eigenvalue weighted by atomic mass is 35.5. The number of alkyl halides is 4. The molecule has 36 heavy (non-hydrogen) atoms. The number of hydrogen-bond acceptors (Lipinski definition) is 5. The Labute approximate surface area is 243 Å². The molecule has 2 heterocycles. The Kier molecular flexibility index (Phi) is 6.46. The van der Waals surface area contributed by atoms with Crippen LogP contribution in [-0.4, -0.2) is 54.1 Å². The van der Waals surface area contributed by atoms with Crippen molar-refractivity contribution >= 4 is 116 Å². The molecule has 5 rings (SSSR count). The van der Waals surface area contributed by atoms with Crippen LogP contribution < -0.4 is 0 Å². The number of rotatable bonds is 5. The first kappa shape index (κ1) is 26.6. The Bertz CT molecular complexity index is 1330. The number of amides is 3. The van der Waals surface area contributed by atoms with Gasteiger partial charge in [-0.05, 0) is 23.6 Å². The molecule has 1 saturated carbocycles. The van der Waals surface area contributed by atoms with Gasteiger partial charge in [-0.1, -0.05) is 76.2 Å². The van der Waals surface area contributed by atoms with Gasteiger partial charge in [0, 0.05) is 0 Å². The number of allylic oxidation sites excluding steroid dienone is 2. The molecule has 0 radical (unpaired) electrons. The van der Waals surface area contributed by atoms with E-state index in [0.29, 0.717) is 9.89 Å². The van der Waals surface area contributed by atoms with Crippen LogP contribution in [0.1, 0.15) is 20.0 Å². The second-order valence-corrected chi connectivity index (χ2v) is 12.9. The number of nitrogens with zero attached hydrogens (tertiary/aromatic N) is 2. The van der Waals surface area contributed by atoms with E-state index in [1.54, 1.807) is 29.6 Å². The van der Waals surface area contributed by atoms with E-state index in [2.05, 4.69) is 0 Å². The normalized spacial score (nSPS) is 30.2. The van der Waals surface area contributed by atoms with Crippen molar-refractivity contribution in [1.82, 2.24) is 10.0 Å². The van der Waals surface area contributed by atoms with Gasteiger partial charge in [0.05, 0.1) is 37.4 Å². The predicted molar refractivity (Wildman–Crippen MR) is 140 cm³/mol. The zero-order valence-corrected chi connectivity index (χ0v) is 23.6. The monoisotopic (exact) mass is 644 g/mol. The summed E-state index contributed by atoms with van der Waals surface area (Å²) in [5, 5.41) is 2.45. The van der Waals surface area contributed by atoms with E-state index < -0.39 is 56.0 Å². The van der Waals surface area contributed by atoms with Crippen LogP contribution in [0.15, 0.2) is 51.8 Å². The third kappa shape index (κ3) is 3.18. The van der Waals surface area contributed by atoms with E-state index in [4.69, 9.17) is 81.2 Å². The molecular weight excluding hydrogens is 636 g/mol. The number of carbonyl (C=O) groups excluding carboxylic acids is 4. The van der Waals surface area contributed by atoms with Crippen LogP contribution in [0.25, 0.3) is 0 Å². The Balaban J connectivity index is 1.62. The fourth-order valence-electron chi connectivity index (χ4n) is 4.88. The minimum atomic E-state index is -2.13. The first-order valence-corrected chi connectivity index (χ1v) is 13.7. The van der Waals surface area contributed by atoms with Crippen molar-refractivity contribution < 1.29 is 19.2 Å². The molecule has 2 fully saturated rings. The Morgan fingerprint density at radius 3 is 1.94 bits per heavy atom. The average Bonchev–Trinajstić information content (AvgIpc) is 3.51. The number of hydrogen-bond donors (Lipinski definition) is 0. The highest BCUT2D eigenvalue weighted by molar-refractivity contribution is 7.12. The fourth-order valence-corrected chi connectivity index (χ4v) is 8.68. The molecule has 3 aliphatic rings. The summed E-state index contributed by atoms with van der Waals surface area (Å²) in [4.78, 5) is 50.4. The van der Waals surface area contributed by atoms with Crippen molar-refractivity contribution in [1.29, 1.82) is 0 Å². The fraction of sp³-hybridized carbons (Fsp3) is 0.273. The summed E-state index contributed by atoms with van der Waals surface area (Å²) in [5.74, 6) is -6.25. The van der Waals surface area contributed by atoms with Crippen LogP contribution in [0.3, 0.4) is 0 Å². The van der Waals surface area contributed by atoms with Crippen LogP contribution in [-0.2, 0) is 9.59 Å². The summed E-state index contributed by atoms with van der Waals surface area (Å²) in [6, 6.07) is 9.19. The smallest absolute Gasteiger partial charge is 0.274 e. The van der Waals surface area contributed by atoms with Gasteiger partial charge in [-0.3, -0.25) is 19.2 Å². The summed E-state index contributed by atoms with van der Waals surface area (Å²) >= 11 is 46.6. The van der Waals surface area contributed by atoms with Crippen LogP contribution in [0.4, 0.5) is 0 Å². The van der Waals surface area contributed by atoms with Gasteiger partial charge in [0.2, 0.25) is 0 Å². The van der Waals surface area contributed by atoms with Gasteiger partial charge >= 0.3 is 0 Å². The lowest BCUT2D eigenvalue weighted by Crippen LogP contribution is -2.56. The maximum atomic E-state index is 13.8. The van der Waals surface area contributed by atoms with Crippen molar-refractivity contribution in [2.75, 3.05) is 6.54 Å². The third-order valence-corrected chi connectivity index (χ3v) is 12.1. The van der Waals surface area contributed by atoms with Crippen LogP contribution in [0.2, 0.25) is 5.02 Å². The summed E-state index contributed by atoms with van der Waals surface area (Å²) in [6.45, 7) is -0.659. The molecule has 1 aliphatic heterocycles. The van der Waals surface area contributed by atoms with Crippen LogP contribution in [0, 0.1) is 11.8 Å². The quantitative estimate of drug-likeness (QED) is 0.224. The topological polar surface area (TPSA) is 74.8 Å². The largest absolute Gasteiger partial charge is 0.291 e. The molecule has 1 aromatic carbocycles. The van der Waals surface area contributed by atoms with Crippen molar-refractivity contribution in [3.8, 4) is 0 Å². The minimum absolute atomic E-state index is 0.0434. The number of thiophene rings is 1. The second-order valence-electron chi connectivity index (χ2n) is 8.31. The molecule has 0 unspecified atom stereocenters. The van der Waals surface area contributed by atoms with Gasteiger partial charge in [-0.2, -0.15) is 5.01 Å². The summed E-state index contributed by atoms with van der Waals surface area (Å²) in [7, 11) is 0. The molecular formula is C22H11Cl7N2O4S. The van der Waals surface area contributed by atoms with E-state index in [0.717, 1.165) is 16.3 Å². The lowest BCUT2D eigenvalue weighted by molar-refractivity contribution is -0.154. The number of fused-ring (bicyclic) bond motifs is 5. The summed E-state index contributed by atoms with van der Waals surface area (Å²) in [5.41, 5.74) is -0.0434. The summed E-state index contributed by atoms with van der Waals surface area (Å²) in [6.07, 6.45) is 0. The first-order chi connectivity index (χ1) is 16.8. The van der Waals surface area contributed by atoms with E-state index in [1.807, 2.05) is 0 Å². The highest BCUT2D eigenvalue weighted by Crippen LogP contribution is 2.77. The van der Waals surface area contributed by atoms with E-state index in [9.17, 15) is 19.2 Å². The molecule has 14 heteroatoms. The third-order valence-electron chi connectivity index (χ3n) is 6.55. The van der Waals surface area contributed by atoms with Crippen LogP contribution in [0.5, 0.6) is 0 Å². The number of halogens is 7. The molecule has 3 amide bonds. The van der Waals surface area contributed by atoms with Gasteiger partial charge in [-0.15, -0.1) is 34.5 Å². The number of hydrazine groups is 1. The van der Waals surface area contributed by atoms with E-state index in [1.165, 1.54) is 12.1 Å². The van der Waals surface area contributed by atoms with Crippen molar-refractivity contribution in [3.63, 3.8) is 0 Å². The molecule has 2 aromatic rings. The lowest BCUT2D eigenvalue weighted by atomic mass is 9.84. The van der Waals surface area contributed by atoms with Gasteiger partial charge in [0.1, 0.15) is 16.3 Å². The number of benzene rings is 1. The minimum Gasteiger partial charge on any atom is -0.291 e. The van der Waals surface area contributed by atoms with Crippen LogP contribution >= 0.6 is 92.5 Å². The number of Topliss-reactive ketones (excluding diaryl/α,β-unsaturated/α-hetero) is 1. The zero-order valence-electron chi connectivity index (χ0n) is 17.5. The SMILES string of the molecule is O=C(CN(C(=O)c1ccccc1Cl)N1C(=O)[C@@H]2[C@H](C1=O)[C@@]1(Cl)C(Cl)=C(Cl)[C@@]2(Cl)C1(Cl)Cl)c1cccs1. The highest BCUT2D eigenvalue weighted by Gasteiger charge is 2.88. The van der Waals surface area contributed by atoms with Gasteiger partial charge in [0.25, 0.3) is 17.7 Å². The molecule has 6 nitrogen and oxygen atoms in total. The molecule has 4 atom stereocenters. The first-order valence-electron chi connectivity index (χ1n) is 10.1. The molecule has 2 bridgehead atoms. The van der Waals surface area contributed by atoms with E-state index >= 15 is 0 Å². The molecule has 0 N–H and O–H groups in total. The number of imide groups is 1. The van der Waals surface area contributed by atoms with Crippen molar-refractivity contribution in [2.45, 2.75) is 14.1 Å². The number of carbonyl (C=O) groups is 4. The van der Waals surface area contributed by atoms with Gasteiger partial charge < -0.3 is 0 Å². The van der Waals surface area contributed by atoms with Crippen molar-refractivity contribution in [2.24, 2.45) is 11.8 Å². The van der Waals surface area contributed by atoms with E-state index in [-0.39, 0.29) is 20.7 Å². The zero-order chi connectivity index (χ0) is 26.4. The number of ketones is 1. The Morgan fingerprint density at radius 2 is 1.44 bits per heavy atom. The average molecular weight is 648 g/mol. The second kappa shape index (κ2) is 8.75. The lowest BCUT2D eigenvalue weighted by Gasteiger charge is -2.36.